The molecule has 1 N–H and O–H groups in total. The molecule has 2 aliphatic rings. The van der Waals surface area contributed by atoms with Gasteiger partial charge in [-0.05, 0) is 18.6 Å². The van der Waals surface area contributed by atoms with Gasteiger partial charge in [0.15, 0.2) is 11.3 Å². The van der Waals surface area contributed by atoms with Gasteiger partial charge in [-0.2, -0.15) is 0 Å². The van der Waals surface area contributed by atoms with Crippen molar-refractivity contribution in [1.82, 2.24) is 10.3 Å². The summed E-state index contributed by atoms with van der Waals surface area (Å²) >= 11 is 1.46. The first-order valence-electron chi connectivity index (χ1n) is 9.32. The van der Waals surface area contributed by atoms with Gasteiger partial charge in [0.25, 0.3) is 11.6 Å². The van der Waals surface area contributed by atoms with Gasteiger partial charge in [-0.15, -0.1) is 5.10 Å². The number of thioether (sulfide) groups is 1. The highest BCUT2D eigenvalue weighted by Crippen LogP contribution is 2.35. The Morgan fingerprint density at radius 1 is 1.21 bits per heavy atom. The van der Waals surface area contributed by atoms with Crippen molar-refractivity contribution in [1.29, 1.82) is 0 Å². The molecular weight excluding hydrogens is 390 g/mol. The number of hydrogen-bond donors (Lipinski definition) is 1. The average Bonchev–Trinajstić information content (AvgIpc) is 2.73. The van der Waals surface area contributed by atoms with Gasteiger partial charge in [-0.1, -0.05) is 55.4 Å². The molecule has 148 valence electrons. The fourth-order valence-corrected chi connectivity index (χ4v) is 4.22. The number of nitrogens with one attached hydrogen (secondary N) is 1. The molecule has 29 heavy (non-hydrogen) atoms. The summed E-state index contributed by atoms with van der Waals surface area (Å²) < 4.78 is 0. The fraction of sp³-hybridized carbons (Fsp3) is 0.250. The molecule has 4 rings (SSSR count). The van der Waals surface area contributed by atoms with E-state index in [1.165, 1.54) is 22.8 Å². The minimum Gasteiger partial charge on any atom is -0.298 e. The van der Waals surface area contributed by atoms with Crippen molar-refractivity contribution in [3.05, 3.63) is 74.8 Å². The van der Waals surface area contributed by atoms with E-state index in [0.29, 0.717) is 27.0 Å². The second-order valence-electron chi connectivity index (χ2n) is 6.59. The van der Waals surface area contributed by atoms with Gasteiger partial charge in [0, 0.05) is 17.0 Å². The lowest BCUT2D eigenvalue weighted by Gasteiger charge is -2.33. The first kappa shape index (κ1) is 19.1. The molecule has 0 radical (unpaired) electrons. The van der Waals surface area contributed by atoms with E-state index in [1.807, 2.05) is 12.1 Å². The van der Waals surface area contributed by atoms with Crippen LogP contribution in [-0.2, 0) is 4.79 Å². The van der Waals surface area contributed by atoms with Crippen LogP contribution in [0.5, 0.6) is 0 Å². The molecule has 0 saturated heterocycles. The maximum atomic E-state index is 13.0. The van der Waals surface area contributed by atoms with E-state index < -0.39 is 11.1 Å². The Hall–Kier alpha value is -3.20. The number of amidine groups is 1. The third kappa shape index (κ3) is 3.61. The molecule has 2 aromatic rings. The monoisotopic (exact) mass is 409 g/mol. The third-order valence-electron chi connectivity index (χ3n) is 4.66. The summed E-state index contributed by atoms with van der Waals surface area (Å²) in [4.78, 5) is 28.8. The number of unbranched alkanes of at least 4 members (excludes halogenated alkanes) is 1. The van der Waals surface area contributed by atoms with Crippen LogP contribution in [0.1, 0.15) is 31.5 Å². The van der Waals surface area contributed by atoms with Crippen molar-refractivity contribution >= 4 is 34.2 Å². The van der Waals surface area contributed by atoms with E-state index in [0.717, 1.165) is 18.6 Å². The van der Waals surface area contributed by atoms with Crippen molar-refractivity contribution < 1.29 is 9.72 Å². The van der Waals surface area contributed by atoms with Crippen LogP contribution in [0, 0.1) is 10.1 Å². The predicted octanol–water partition coefficient (Wildman–Crippen LogP) is 2.27. The second-order valence-corrected chi connectivity index (χ2v) is 7.67. The number of fused-ring (bicyclic) bond motifs is 2. The molecule has 1 atom stereocenters. The van der Waals surface area contributed by atoms with Gasteiger partial charge in [-0.25, -0.2) is 5.01 Å². The zero-order valence-corrected chi connectivity index (χ0v) is 16.6. The molecule has 0 aromatic heterocycles. The van der Waals surface area contributed by atoms with Gasteiger partial charge in [-0.3, -0.25) is 25.2 Å². The van der Waals surface area contributed by atoms with Gasteiger partial charge in [0.05, 0.1) is 15.8 Å². The molecule has 2 aliphatic heterocycles. The summed E-state index contributed by atoms with van der Waals surface area (Å²) in [5.41, 5.74) is 0.681. The molecule has 0 fully saturated rings. The van der Waals surface area contributed by atoms with Crippen LogP contribution in [-0.4, -0.2) is 26.8 Å². The van der Waals surface area contributed by atoms with Gasteiger partial charge in [0.2, 0.25) is 0 Å². The lowest BCUT2D eigenvalue weighted by Crippen LogP contribution is -2.50. The smallest absolute Gasteiger partial charge is 0.276 e. The van der Waals surface area contributed by atoms with E-state index in [4.69, 9.17) is 4.99 Å². The normalized spacial score (nSPS) is 17.6. The molecule has 0 aliphatic carbocycles. The van der Waals surface area contributed by atoms with E-state index in [1.54, 1.807) is 30.3 Å². The van der Waals surface area contributed by atoms with Gasteiger partial charge in [0.1, 0.15) is 5.70 Å². The zero-order chi connectivity index (χ0) is 20.4. The molecule has 0 unspecified atom stereocenters. The number of para-hydroxylation sites is 2. The number of nitrogens with zero attached hydrogens (tertiary/aromatic N) is 4. The summed E-state index contributed by atoms with van der Waals surface area (Å²) in [5, 5.41) is 22.3. The van der Waals surface area contributed by atoms with Crippen molar-refractivity contribution in [2.45, 2.75) is 25.9 Å². The Morgan fingerprint density at radius 3 is 2.76 bits per heavy atom. The van der Waals surface area contributed by atoms with E-state index in [-0.39, 0.29) is 11.6 Å². The minimum atomic E-state index is -0.797. The number of hydrazone groups is 1. The maximum absolute atomic E-state index is 13.0. The number of nitro groups is 1. The van der Waals surface area contributed by atoms with E-state index in [9.17, 15) is 14.9 Å². The standard InChI is InChI=1S/C20H19N5O3S/c1-2-3-12-29-20-22-19(26)17-13-8-4-6-10-15(13)21-18(24(17)23-20)14-9-5-7-11-16(14)25(27)28/h4-11,18H,2-3,12H2,1H3,(H,22,23,26)/t18-/m0/s1. The van der Waals surface area contributed by atoms with Crippen molar-refractivity contribution in [3.8, 4) is 0 Å². The first-order valence-corrected chi connectivity index (χ1v) is 10.3. The van der Waals surface area contributed by atoms with Gasteiger partial charge < -0.3 is 0 Å². The van der Waals surface area contributed by atoms with Crippen molar-refractivity contribution in [2.75, 3.05) is 5.75 Å². The van der Waals surface area contributed by atoms with E-state index in [2.05, 4.69) is 17.3 Å². The average molecular weight is 409 g/mol. The number of carbonyl (C=O) groups excluding carboxylic acids is 1. The summed E-state index contributed by atoms with van der Waals surface area (Å²) in [5.74, 6) is 0.535. The van der Waals surface area contributed by atoms with Crippen LogP contribution >= 0.6 is 11.8 Å². The molecule has 2 heterocycles. The fourth-order valence-electron chi connectivity index (χ4n) is 3.28. The Kier molecular flexibility index (Phi) is 5.30. The summed E-state index contributed by atoms with van der Waals surface area (Å²) in [7, 11) is 0. The van der Waals surface area contributed by atoms with Crippen LogP contribution < -0.4 is 15.9 Å². The van der Waals surface area contributed by atoms with Crippen molar-refractivity contribution in [2.24, 2.45) is 10.1 Å². The molecular formula is C20H19N5O3S. The minimum absolute atomic E-state index is 0.0543. The largest absolute Gasteiger partial charge is 0.298 e. The van der Waals surface area contributed by atoms with Crippen LogP contribution in [0.3, 0.4) is 0 Å². The Bertz CT molecular complexity index is 1130. The topological polar surface area (TPSA) is 100 Å². The molecule has 0 spiro atoms. The third-order valence-corrected chi connectivity index (χ3v) is 5.61. The molecule has 9 heteroatoms. The molecule has 1 amide bonds. The second kappa shape index (κ2) is 8.04. The number of hydrogen-bond acceptors (Lipinski definition) is 7. The molecule has 0 bridgehead atoms. The number of rotatable bonds is 5. The number of carbonyl (C=O) groups is 1. The molecule has 2 aromatic carbocycles. The van der Waals surface area contributed by atoms with E-state index >= 15 is 0 Å². The van der Waals surface area contributed by atoms with Crippen molar-refractivity contribution in [3.63, 3.8) is 0 Å². The zero-order valence-electron chi connectivity index (χ0n) is 15.7. The maximum Gasteiger partial charge on any atom is 0.276 e. The first-order chi connectivity index (χ1) is 14.1. The Morgan fingerprint density at radius 2 is 1.97 bits per heavy atom. The lowest BCUT2D eigenvalue weighted by atomic mass is 10.1. The summed E-state index contributed by atoms with van der Waals surface area (Å²) in [6, 6.07) is 13.7. The van der Waals surface area contributed by atoms with Crippen LogP contribution in [0.25, 0.3) is 5.70 Å². The highest BCUT2D eigenvalue weighted by molar-refractivity contribution is 8.13. The molecule has 8 nitrogen and oxygen atoms in total. The predicted molar refractivity (Wildman–Crippen MR) is 111 cm³/mol. The summed E-state index contributed by atoms with van der Waals surface area (Å²) in [6.45, 7) is 2.10. The Labute approximate surface area is 171 Å². The van der Waals surface area contributed by atoms with Crippen LogP contribution in [0.15, 0.2) is 58.6 Å². The highest BCUT2D eigenvalue weighted by atomic mass is 32.2. The Balaban J connectivity index is 1.89. The van der Waals surface area contributed by atoms with Crippen LogP contribution in [0.4, 0.5) is 5.69 Å². The van der Waals surface area contributed by atoms with Crippen LogP contribution in [0.2, 0.25) is 0 Å². The lowest BCUT2D eigenvalue weighted by molar-refractivity contribution is -0.385. The SMILES string of the molecule is CCCCSC1=NN2C(=c3ccccc3=N[C@@H]2c2ccccc2[N+](=O)[O-])C(=O)N1. The number of benzene rings is 2. The number of nitro benzene ring substituents is 1. The summed E-state index contributed by atoms with van der Waals surface area (Å²) in [6.07, 6.45) is 1.24. The highest BCUT2D eigenvalue weighted by Gasteiger charge is 2.36. The number of amides is 1. The van der Waals surface area contributed by atoms with Gasteiger partial charge >= 0.3 is 0 Å². The quantitative estimate of drug-likeness (QED) is 0.464. The molecule has 0 saturated carbocycles.